The first-order valence-corrected chi connectivity index (χ1v) is 11.1. The van der Waals surface area contributed by atoms with Crippen molar-refractivity contribution >= 4 is 45.1 Å². The van der Waals surface area contributed by atoms with Crippen LogP contribution in [0.3, 0.4) is 0 Å². The van der Waals surface area contributed by atoms with Crippen molar-refractivity contribution in [2.75, 3.05) is 11.4 Å². The quantitative estimate of drug-likeness (QED) is 0.345. The minimum atomic E-state index is -5.08. The van der Waals surface area contributed by atoms with Gasteiger partial charge in [0.25, 0.3) is 0 Å². The maximum Gasteiger partial charge on any atom is 0.490 e. The molecule has 2 heterocycles. The number of carboxylic acid groups (broad SMARTS) is 1. The molecule has 0 aliphatic carbocycles. The predicted molar refractivity (Wildman–Crippen MR) is 131 cm³/mol. The average molecular weight is 495 g/mol. The lowest BCUT2D eigenvalue weighted by atomic mass is 10.0. The number of hydrogen-bond donors (Lipinski definition) is 3. The SMILES string of the molecule is NCCCc1[nH]c2ccccc2c1C1=C[N]C(=O)N1c1cccc2ccccc12.O=C(O)C(F)(F)F. The number of carboxylic acids is 1. The molecule has 0 spiro atoms. The molecule has 1 aliphatic rings. The number of H-pyrrole nitrogens is 1. The number of hydrogen-bond acceptors (Lipinski definition) is 3. The summed E-state index contributed by atoms with van der Waals surface area (Å²) >= 11 is 0. The van der Waals surface area contributed by atoms with Crippen molar-refractivity contribution in [1.29, 1.82) is 0 Å². The van der Waals surface area contributed by atoms with E-state index in [1.54, 1.807) is 11.1 Å². The van der Waals surface area contributed by atoms with Crippen molar-refractivity contribution in [2.45, 2.75) is 19.0 Å². The minimum absolute atomic E-state index is 0.272. The van der Waals surface area contributed by atoms with Gasteiger partial charge in [-0.05, 0) is 36.9 Å². The molecule has 2 amide bonds. The fraction of sp³-hybridized carbons (Fsp3) is 0.154. The third-order valence-corrected chi connectivity index (χ3v) is 5.65. The second-order valence-corrected chi connectivity index (χ2v) is 7.98. The molecule has 3 aromatic carbocycles. The molecule has 0 unspecified atom stereocenters. The number of carbonyl (C=O) groups excluding carboxylic acids is 1. The molecule has 0 saturated heterocycles. The number of anilines is 1. The number of nitrogens with one attached hydrogen (secondary N) is 1. The summed E-state index contributed by atoms with van der Waals surface area (Å²) in [6.07, 6.45) is -1.71. The number of aliphatic carboxylic acids is 1. The summed E-state index contributed by atoms with van der Waals surface area (Å²) in [6.45, 7) is 0.615. The second-order valence-electron chi connectivity index (χ2n) is 7.98. The topological polar surface area (TPSA) is 114 Å². The highest BCUT2D eigenvalue weighted by molar-refractivity contribution is 6.16. The van der Waals surface area contributed by atoms with Crippen LogP contribution in [0.5, 0.6) is 0 Å². The van der Waals surface area contributed by atoms with E-state index in [4.69, 9.17) is 15.6 Å². The monoisotopic (exact) mass is 495 g/mol. The lowest BCUT2D eigenvalue weighted by Gasteiger charge is -2.21. The minimum Gasteiger partial charge on any atom is -0.475 e. The first-order chi connectivity index (χ1) is 17.2. The Morgan fingerprint density at radius 3 is 2.33 bits per heavy atom. The van der Waals surface area contributed by atoms with Crippen molar-refractivity contribution < 1.29 is 27.9 Å². The fourth-order valence-corrected chi connectivity index (χ4v) is 4.10. The number of alkyl halides is 3. The van der Waals surface area contributed by atoms with E-state index in [-0.39, 0.29) is 6.03 Å². The highest BCUT2D eigenvalue weighted by Gasteiger charge is 2.38. The van der Waals surface area contributed by atoms with E-state index >= 15 is 0 Å². The third-order valence-electron chi connectivity index (χ3n) is 5.65. The zero-order valence-electron chi connectivity index (χ0n) is 18.9. The summed E-state index contributed by atoms with van der Waals surface area (Å²) < 4.78 is 31.7. The first kappa shape index (κ1) is 24.8. The van der Waals surface area contributed by atoms with Gasteiger partial charge in [-0.1, -0.05) is 54.6 Å². The molecular weight excluding hydrogens is 473 g/mol. The molecule has 0 atom stereocenters. The Kier molecular flexibility index (Phi) is 6.98. The summed E-state index contributed by atoms with van der Waals surface area (Å²) in [5, 5.41) is 14.5. The molecule has 10 heteroatoms. The van der Waals surface area contributed by atoms with Crippen LogP contribution in [0.15, 0.2) is 72.9 Å². The number of fused-ring (bicyclic) bond motifs is 2. The van der Waals surface area contributed by atoms with Gasteiger partial charge in [-0.3, -0.25) is 4.90 Å². The number of rotatable bonds is 5. The smallest absolute Gasteiger partial charge is 0.475 e. The molecule has 4 N–H and O–H groups in total. The second kappa shape index (κ2) is 10.1. The van der Waals surface area contributed by atoms with E-state index in [0.29, 0.717) is 6.54 Å². The number of carbonyl (C=O) groups is 2. The predicted octanol–water partition coefficient (Wildman–Crippen LogP) is 5.39. The number of amides is 2. The van der Waals surface area contributed by atoms with E-state index in [0.717, 1.165) is 57.2 Å². The van der Waals surface area contributed by atoms with Crippen LogP contribution in [0, 0.1) is 0 Å². The van der Waals surface area contributed by atoms with Crippen LogP contribution < -0.4 is 16.0 Å². The van der Waals surface area contributed by atoms with E-state index in [1.807, 2.05) is 42.5 Å². The summed E-state index contributed by atoms with van der Waals surface area (Å²) in [6, 6.07) is 22.0. The largest absolute Gasteiger partial charge is 0.490 e. The Labute approximate surface area is 204 Å². The van der Waals surface area contributed by atoms with Crippen LogP contribution in [0.25, 0.3) is 27.4 Å². The van der Waals surface area contributed by atoms with E-state index in [1.165, 1.54) is 0 Å². The van der Waals surface area contributed by atoms with Crippen molar-refractivity contribution in [1.82, 2.24) is 10.3 Å². The van der Waals surface area contributed by atoms with Crippen LogP contribution in [-0.2, 0) is 11.2 Å². The van der Waals surface area contributed by atoms with Gasteiger partial charge in [0.2, 0.25) is 0 Å². The number of nitrogens with zero attached hydrogens (tertiary/aromatic N) is 2. The molecule has 185 valence electrons. The highest BCUT2D eigenvalue weighted by Crippen LogP contribution is 2.39. The standard InChI is InChI=1S/C24H21N4O.C2HF3O2/c25-14-6-12-20-23(18-10-3-4-11-19(18)27-20)22-15-26-24(29)28(22)21-13-5-8-16-7-1-2-9-17(16)21;3-2(4,5)1(6)7/h1-5,7-11,13,15,27H,6,12,14,25H2;(H,6,7). The molecule has 0 fully saturated rings. The van der Waals surface area contributed by atoms with Gasteiger partial charge in [0.15, 0.2) is 0 Å². The van der Waals surface area contributed by atoms with Crippen molar-refractivity contribution in [3.8, 4) is 0 Å². The fourth-order valence-electron chi connectivity index (χ4n) is 4.10. The lowest BCUT2D eigenvalue weighted by Crippen LogP contribution is -2.26. The average Bonchev–Trinajstić information content (AvgIpc) is 3.41. The normalized spacial score (nSPS) is 13.4. The van der Waals surface area contributed by atoms with E-state index in [2.05, 4.69) is 34.6 Å². The molecule has 1 aliphatic heterocycles. The van der Waals surface area contributed by atoms with Crippen LogP contribution in [0.1, 0.15) is 17.7 Å². The molecule has 1 radical (unpaired) electrons. The molecule has 0 bridgehead atoms. The molecule has 36 heavy (non-hydrogen) atoms. The molecular formula is C26H22F3N4O3. The number of aromatic amines is 1. The molecule has 4 aromatic rings. The third kappa shape index (κ3) is 4.89. The Bertz CT molecular complexity index is 1450. The number of benzene rings is 3. The molecule has 0 saturated carbocycles. The number of para-hydroxylation sites is 1. The van der Waals surface area contributed by atoms with Crippen molar-refractivity contribution in [3.63, 3.8) is 0 Å². The first-order valence-electron chi connectivity index (χ1n) is 11.1. The van der Waals surface area contributed by atoms with Crippen LogP contribution in [-0.4, -0.2) is 34.8 Å². The molecule has 1 aromatic heterocycles. The van der Waals surface area contributed by atoms with Crippen LogP contribution in [0.2, 0.25) is 0 Å². The van der Waals surface area contributed by atoms with Gasteiger partial charge >= 0.3 is 18.2 Å². The summed E-state index contributed by atoms with van der Waals surface area (Å²) in [4.78, 5) is 27.0. The maximum atomic E-state index is 12.9. The van der Waals surface area contributed by atoms with Crippen LogP contribution >= 0.6 is 0 Å². The van der Waals surface area contributed by atoms with Crippen LogP contribution in [0.4, 0.5) is 23.7 Å². The van der Waals surface area contributed by atoms with Crippen molar-refractivity contribution in [3.05, 3.63) is 84.2 Å². The van der Waals surface area contributed by atoms with E-state index < -0.39 is 12.1 Å². The lowest BCUT2D eigenvalue weighted by molar-refractivity contribution is -0.192. The maximum absolute atomic E-state index is 12.9. The highest BCUT2D eigenvalue weighted by atomic mass is 19.4. The number of halogens is 3. The molecule has 5 rings (SSSR count). The summed E-state index contributed by atoms with van der Waals surface area (Å²) in [7, 11) is 0. The van der Waals surface area contributed by atoms with Gasteiger partial charge < -0.3 is 15.8 Å². The van der Waals surface area contributed by atoms with Gasteiger partial charge in [0, 0.05) is 27.5 Å². The summed E-state index contributed by atoms with van der Waals surface area (Å²) in [5.41, 5.74) is 10.6. The summed E-state index contributed by atoms with van der Waals surface area (Å²) in [5.74, 6) is -2.76. The number of urea groups is 1. The zero-order valence-corrected chi connectivity index (χ0v) is 18.9. The Hall–Kier alpha value is -4.31. The van der Waals surface area contributed by atoms with Gasteiger partial charge in [-0.15, -0.1) is 0 Å². The Morgan fingerprint density at radius 2 is 1.64 bits per heavy atom. The number of aromatic nitrogens is 1. The van der Waals surface area contributed by atoms with Gasteiger partial charge in [0.1, 0.15) is 0 Å². The zero-order chi connectivity index (χ0) is 25.9. The number of nitrogens with two attached hydrogens (primary N) is 1. The van der Waals surface area contributed by atoms with Gasteiger partial charge in [-0.25, -0.2) is 9.59 Å². The van der Waals surface area contributed by atoms with E-state index in [9.17, 15) is 18.0 Å². The Morgan fingerprint density at radius 1 is 1.00 bits per heavy atom. The molecule has 7 nitrogen and oxygen atoms in total. The van der Waals surface area contributed by atoms with Gasteiger partial charge in [0.05, 0.1) is 17.6 Å². The van der Waals surface area contributed by atoms with Crippen molar-refractivity contribution in [2.24, 2.45) is 5.73 Å². The number of aryl methyl sites for hydroxylation is 1. The van der Waals surface area contributed by atoms with Gasteiger partial charge in [-0.2, -0.15) is 18.5 Å². The Balaban J connectivity index is 0.000000384.